The molecule has 84 valence electrons. The van der Waals surface area contributed by atoms with E-state index in [-0.39, 0.29) is 5.82 Å². The lowest BCUT2D eigenvalue weighted by Gasteiger charge is -2.02. The summed E-state index contributed by atoms with van der Waals surface area (Å²) in [6.45, 7) is 3.21. The molecule has 16 heavy (non-hydrogen) atoms. The Labute approximate surface area is 94.1 Å². The van der Waals surface area contributed by atoms with Crippen LogP contribution in [0.3, 0.4) is 0 Å². The number of hydrogen-bond donors (Lipinski definition) is 1. The largest absolute Gasteiger partial charge is 0.465 e. The van der Waals surface area contributed by atoms with Crippen LogP contribution in [0.4, 0.5) is 4.39 Å². The van der Waals surface area contributed by atoms with E-state index in [9.17, 15) is 4.39 Å². The molecule has 0 bridgehead atoms. The first-order valence-corrected chi connectivity index (χ1v) is 5.24. The van der Waals surface area contributed by atoms with E-state index in [2.05, 4.69) is 5.32 Å². The first kappa shape index (κ1) is 10.9. The highest BCUT2D eigenvalue weighted by Gasteiger charge is 1.98. The predicted molar refractivity (Wildman–Crippen MR) is 60.4 cm³/mol. The molecule has 1 heterocycles. The summed E-state index contributed by atoms with van der Waals surface area (Å²) in [6, 6.07) is 10.4. The van der Waals surface area contributed by atoms with E-state index in [0.717, 1.165) is 17.1 Å². The van der Waals surface area contributed by atoms with Gasteiger partial charge in [-0.15, -0.1) is 0 Å². The summed E-state index contributed by atoms with van der Waals surface area (Å²) in [5.74, 6) is 1.60. The maximum absolute atomic E-state index is 12.9. The molecule has 0 aliphatic carbocycles. The molecular formula is C13H14FNO. The molecule has 1 aromatic heterocycles. The van der Waals surface area contributed by atoms with Crippen molar-refractivity contribution in [3.63, 3.8) is 0 Å². The van der Waals surface area contributed by atoms with Crippen LogP contribution in [0, 0.1) is 12.7 Å². The lowest BCUT2D eigenvalue weighted by Crippen LogP contribution is -2.12. The zero-order valence-electron chi connectivity index (χ0n) is 9.16. The van der Waals surface area contributed by atoms with Gasteiger partial charge in [-0.05, 0) is 36.8 Å². The number of aryl methyl sites for hydroxylation is 1. The Morgan fingerprint density at radius 2 is 2.06 bits per heavy atom. The van der Waals surface area contributed by atoms with Gasteiger partial charge in [0.15, 0.2) is 0 Å². The molecule has 0 radical (unpaired) electrons. The molecule has 0 saturated carbocycles. The van der Waals surface area contributed by atoms with Crippen LogP contribution in [-0.4, -0.2) is 0 Å². The molecule has 0 spiro atoms. The molecule has 0 aliphatic heterocycles. The van der Waals surface area contributed by atoms with Gasteiger partial charge in [0.05, 0.1) is 6.54 Å². The summed E-state index contributed by atoms with van der Waals surface area (Å²) >= 11 is 0. The Kier molecular flexibility index (Phi) is 3.37. The maximum atomic E-state index is 12.9. The molecule has 0 aliphatic rings. The van der Waals surface area contributed by atoms with Gasteiger partial charge in [-0.25, -0.2) is 4.39 Å². The molecule has 0 atom stereocenters. The maximum Gasteiger partial charge on any atom is 0.123 e. The third-order valence-electron chi connectivity index (χ3n) is 2.31. The van der Waals surface area contributed by atoms with Gasteiger partial charge in [0, 0.05) is 6.54 Å². The van der Waals surface area contributed by atoms with Crippen molar-refractivity contribution in [3.8, 4) is 0 Å². The normalized spacial score (nSPS) is 10.6. The predicted octanol–water partition coefficient (Wildman–Crippen LogP) is 3.02. The van der Waals surface area contributed by atoms with Gasteiger partial charge in [0.25, 0.3) is 0 Å². The lowest BCUT2D eigenvalue weighted by atomic mass is 10.2. The SMILES string of the molecule is Cc1ccc(CNCc2cccc(F)c2)o1. The topological polar surface area (TPSA) is 25.2 Å². The summed E-state index contributed by atoms with van der Waals surface area (Å²) in [5.41, 5.74) is 0.934. The third kappa shape index (κ3) is 2.94. The van der Waals surface area contributed by atoms with Crippen molar-refractivity contribution >= 4 is 0 Å². The van der Waals surface area contributed by atoms with Crippen LogP contribution < -0.4 is 5.32 Å². The minimum atomic E-state index is -0.201. The molecule has 1 aromatic carbocycles. The number of halogens is 1. The van der Waals surface area contributed by atoms with E-state index in [1.165, 1.54) is 12.1 Å². The third-order valence-corrected chi connectivity index (χ3v) is 2.31. The average Bonchev–Trinajstić information content (AvgIpc) is 2.64. The van der Waals surface area contributed by atoms with Crippen LogP contribution in [0.1, 0.15) is 17.1 Å². The van der Waals surface area contributed by atoms with Crippen molar-refractivity contribution in [2.45, 2.75) is 20.0 Å². The van der Waals surface area contributed by atoms with Crippen LogP contribution in [-0.2, 0) is 13.1 Å². The Bertz CT molecular complexity index is 464. The molecule has 0 saturated heterocycles. The number of rotatable bonds is 4. The second-order valence-corrected chi connectivity index (χ2v) is 3.75. The van der Waals surface area contributed by atoms with Crippen LogP contribution in [0.25, 0.3) is 0 Å². The van der Waals surface area contributed by atoms with Gasteiger partial charge >= 0.3 is 0 Å². The molecule has 0 amide bonds. The highest BCUT2D eigenvalue weighted by Crippen LogP contribution is 2.07. The van der Waals surface area contributed by atoms with Crippen molar-refractivity contribution in [2.75, 3.05) is 0 Å². The first-order valence-electron chi connectivity index (χ1n) is 5.24. The minimum Gasteiger partial charge on any atom is -0.465 e. The highest BCUT2D eigenvalue weighted by molar-refractivity contribution is 5.16. The number of hydrogen-bond acceptors (Lipinski definition) is 2. The lowest BCUT2D eigenvalue weighted by molar-refractivity contribution is 0.461. The van der Waals surface area contributed by atoms with E-state index in [1.807, 2.05) is 25.1 Å². The molecule has 3 heteroatoms. The second-order valence-electron chi connectivity index (χ2n) is 3.75. The number of benzene rings is 1. The Hall–Kier alpha value is -1.61. The zero-order chi connectivity index (χ0) is 11.4. The van der Waals surface area contributed by atoms with Gasteiger partial charge in [-0.1, -0.05) is 12.1 Å². The molecule has 2 rings (SSSR count). The van der Waals surface area contributed by atoms with E-state index in [1.54, 1.807) is 6.07 Å². The first-order chi connectivity index (χ1) is 7.74. The van der Waals surface area contributed by atoms with Crippen molar-refractivity contribution in [1.29, 1.82) is 0 Å². The van der Waals surface area contributed by atoms with Crippen LogP contribution >= 0.6 is 0 Å². The van der Waals surface area contributed by atoms with Gasteiger partial charge in [-0.2, -0.15) is 0 Å². The van der Waals surface area contributed by atoms with Crippen LogP contribution in [0.2, 0.25) is 0 Å². The summed E-state index contributed by atoms with van der Waals surface area (Å²) in [6.07, 6.45) is 0. The summed E-state index contributed by atoms with van der Waals surface area (Å²) in [5, 5.41) is 3.20. The summed E-state index contributed by atoms with van der Waals surface area (Å²) < 4.78 is 18.3. The van der Waals surface area contributed by atoms with E-state index < -0.39 is 0 Å². The standard InChI is InChI=1S/C13H14FNO/c1-10-5-6-13(16-10)9-15-8-11-3-2-4-12(14)7-11/h2-7,15H,8-9H2,1H3. The van der Waals surface area contributed by atoms with E-state index >= 15 is 0 Å². The summed E-state index contributed by atoms with van der Waals surface area (Å²) in [4.78, 5) is 0. The molecule has 0 fully saturated rings. The van der Waals surface area contributed by atoms with E-state index in [0.29, 0.717) is 13.1 Å². The molecule has 1 N–H and O–H groups in total. The highest BCUT2D eigenvalue weighted by atomic mass is 19.1. The van der Waals surface area contributed by atoms with Crippen molar-refractivity contribution in [2.24, 2.45) is 0 Å². The monoisotopic (exact) mass is 219 g/mol. The van der Waals surface area contributed by atoms with Gasteiger partial charge < -0.3 is 9.73 Å². The van der Waals surface area contributed by atoms with Crippen molar-refractivity contribution < 1.29 is 8.81 Å². The van der Waals surface area contributed by atoms with Crippen molar-refractivity contribution in [3.05, 3.63) is 59.3 Å². The summed E-state index contributed by atoms with van der Waals surface area (Å²) in [7, 11) is 0. The molecule has 2 nitrogen and oxygen atoms in total. The van der Waals surface area contributed by atoms with Crippen LogP contribution in [0.5, 0.6) is 0 Å². The fourth-order valence-corrected chi connectivity index (χ4v) is 1.56. The minimum absolute atomic E-state index is 0.201. The Morgan fingerprint density at radius 3 is 2.75 bits per heavy atom. The van der Waals surface area contributed by atoms with E-state index in [4.69, 9.17) is 4.42 Å². The van der Waals surface area contributed by atoms with Gasteiger partial charge in [0.2, 0.25) is 0 Å². The van der Waals surface area contributed by atoms with Gasteiger partial charge in [-0.3, -0.25) is 0 Å². The fourth-order valence-electron chi connectivity index (χ4n) is 1.56. The number of furan rings is 1. The second kappa shape index (κ2) is 4.94. The zero-order valence-corrected chi connectivity index (χ0v) is 9.16. The smallest absolute Gasteiger partial charge is 0.123 e. The average molecular weight is 219 g/mol. The Morgan fingerprint density at radius 1 is 1.19 bits per heavy atom. The molecule has 2 aromatic rings. The molecular weight excluding hydrogens is 205 g/mol. The quantitative estimate of drug-likeness (QED) is 0.855. The van der Waals surface area contributed by atoms with Crippen molar-refractivity contribution in [1.82, 2.24) is 5.32 Å². The number of nitrogens with one attached hydrogen (secondary N) is 1. The fraction of sp³-hybridized carbons (Fsp3) is 0.231. The Balaban J connectivity index is 1.84. The molecule has 0 unspecified atom stereocenters. The van der Waals surface area contributed by atoms with Crippen LogP contribution in [0.15, 0.2) is 40.8 Å². The van der Waals surface area contributed by atoms with Gasteiger partial charge in [0.1, 0.15) is 17.3 Å².